The van der Waals surface area contributed by atoms with Crippen LogP contribution in [-0.4, -0.2) is 7.11 Å². The van der Waals surface area contributed by atoms with Crippen molar-refractivity contribution < 1.29 is 9.30 Å². The molecule has 0 unspecified atom stereocenters. The minimum Gasteiger partial charge on any atom is -0.497 e. The summed E-state index contributed by atoms with van der Waals surface area (Å²) in [6, 6.07) is 27.2. The van der Waals surface area contributed by atoms with Crippen LogP contribution in [0.3, 0.4) is 0 Å². The third-order valence-corrected chi connectivity index (χ3v) is 9.17. The standard InChI is InChI=1S/C25H25O2PS/c1-19(2)25(29-24-17-15-21(27-4)16-18-24)20(3)28(26,22-11-7-5-8-12-22)23-13-9-6-10-14-23/h5-18H,3H2,1-2,4H3. The second kappa shape index (κ2) is 9.35. The molecule has 0 radical (unpaired) electrons. The van der Waals surface area contributed by atoms with Crippen LogP contribution in [0.1, 0.15) is 13.8 Å². The fraction of sp³-hybridized carbons (Fsp3) is 0.120. The highest BCUT2D eigenvalue weighted by Crippen LogP contribution is 2.57. The van der Waals surface area contributed by atoms with Crippen molar-refractivity contribution in [3.05, 3.63) is 107 Å². The molecular weight excluding hydrogens is 395 g/mol. The van der Waals surface area contributed by atoms with Crippen LogP contribution in [0.15, 0.2) is 112 Å². The zero-order valence-corrected chi connectivity index (χ0v) is 18.7. The molecule has 0 amide bonds. The summed E-state index contributed by atoms with van der Waals surface area (Å²) in [5.74, 6) is 0.811. The molecule has 0 saturated heterocycles. The third kappa shape index (κ3) is 4.58. The summed E-state index contributed by atoms with van der Waals surface area (Å²) in [4.78, 5) is 2.00. The quantitative estimate of drug-likeness (QED) is 0.244. The largest absolute Gasteiger partial charge is 0.497 e. The fourth-order valence-electron chi connectivity index (χ4n) is 3.09. The summed E-state index contributed by atoms with van der Waals surface area (Å²) in [6.07, 6.45) is 0. The van der Waals surface area contributed by atoms with Gasteiger partial charge in [-0.2, -0.15) is 0 Å². The van der Waals surface area contributed by atoms with E-state index in [1.54, 1.807) is 18.9 Å². The Labute approximate surface area is 177 Å². The molecule has 2 nitrogen and oxygen atoms in total. The molecule has 4 heteroatoms. The van der Waals surface area contributed by atoms with Gasteiger partial charge < -0.3 is 9.30 Å². The minimum atomic E-state index is -3.08. The molecular formula is C25H25O2PS. The van der Waals surface area contributed by atoms with Crippen molar-refractivity contribution >= 4 is 29.5 Å². The summed E-state index contributed by atoms with van der Waals surface area (Å²) >= 11 is 1.59. The van der Waals surface area contributed by atoms with Crippen LogP contribution in [0.2, 0.25) is 0 Å². The first-order chi connectivity index (χ1) is 14.0. The molecule has 0 aliphatic rings. The Morgan fingerprint density at radius 2 is 1.31 bits per heavy atom. The summed E-state index contributed by atoms with van der Waals surface area (Å²) in [6.45, 7) is 8.44. The monoisotopic (exact) mass is 420 g/mol. The normalized spacial score (nSPS) is 11.0. The first kappa shape index (κ1) is 21.2. The van der Waals surface area contributed by atoms with Crippen LogP contribution in [0.25, 0.3) is 0 Å². The number of rotatable bonds is 7. The Morgan fingerprint density at radius 1 is 0.828 bits per heavy atom. The van der Waals surface area contributed by atoms with Crippen LogP contribution in [-0.2, 0) is 4.57 Å². The van der Waals surface area contributed by atoms with E-state index in [1.165, 1.54) is 0 Å². The van der Waals surface area contributed by atoms with Crippen LogP contribution < -0.4 is 15.3 Å². The molecule has 0 aliphatic heterocycles. The van der Waals surface area contributed by atoms with Gasteiger partial charge in [0.2, 0.25) is 0 Å². The number of hydrogen-bond acceptors (Lipinski definition) is 3. The lowest BCUT2D eigenvalue weighted by molar-refractivity contribution is 0.414. The maximum absolute atomic E-state index is 14.6. The van der Waals surface area contributed by atoms with Gasteiger partial charge >= 0.3 is 0 Å². The number of benzene rings is 3. The molecule has 0 saturated carbocycles. The Kier molecular flexibility index (Phi) is 6.84. The Bertz CT molecular complexity index is 1010. The van der Waals surface area contributed by atoms with Crippen LogP contribution in [0.4, 0.5) is 0 Å². The average molecular weight is 421 g/mol. The summed E-state index contributed by atoms with van der Waals surface area (Å²) in [5.41, 5.74) is 1.09. The van der Waals surface area contributed by atoms with E-state index in [2.05, 4.69) is 6.58 Å². The first-order valence-electron chi connectivity index (χ1n) is 9.37. The maximum Gasteiger partial charge on any atom is 0.171 e. The number of ether oxygens (including phenoxy) is 1. The van der Waals surface area contributed by atoms with Crippen molar-refractivity contribution in [3.63, 3.8) is 0 Å². The van der Waals surface area contributed by atoms with E-state index in [0.29, 0.717) is 5.31 Å². The predicted octanol–water partition coefficient (Wildman–Crippen LogP) is 6.61. The molecule has 0 fully saturated rings. The lowest BCUT2D eigenvalue weighted by Gasteiger charge is -2.24. The van der Waals surface area contributed by atoms with Crippen molar-refractivity contribution in [1.29, 1.82) is 0 Å². The molecule has 148 valence electrons. The summed E-state index contributed by atoms with van der Waals surface area (Å²) in [7, 11) is -1.42. The van der Waals surface area contributed by atoms with Crippen molar-refractivity contribution in [1.82, 2.24) is 0 Å². The number of thioether (sulfide) groups is 1. The Morgan fingerprint density at radius 3 is 1.72 bits per heavy atom. The Balaban J connectivity index is 2.08. The minimum absolute atomic E-state index is 0.663. The molecule has 0 bridgehead atoms. The molecule has 3 rings (SSSR count). The van der Waals surface area contributed by atoms with E-state index in [-0.39, 0.29) is 0 Å². The van der Waals surface area contributed by atoms with Gasteiger partial charge in [0, 0.05) is 25.7 Å². The second-order valence-electron chi connectivity index (χ2n) is 6.83. The molecule has 0 heterocycles. The van der Waals surface area contributed by atoms with Crippen LogP contribution in [0, 0.1) is 0 Å². The first-order valence-corrected chi connectivity index (χ1v) is 11.9. The van der Waals surface area contributed by atoms with Crippen molar-refractivity contribution in [2.24, 2.45) is 0 Å². The van der Waals surface area contributed by atoms with Gasteiger partial charge in [0.1, 0.15) is 5.75 Å². The van der Waals surface area contributed by atoms with Crippen molar-refractivity contribution in [3.8, 4) is 5.75 Å². The second-order valence-corrected chi connectivity index (χ2v) is 10.7. The topological polar surface area (TPSA) is 26.3 Å². The van der Waals surface area contributed by atoms with E-state index in [4.69, 9.17) is 4.74 Å². The molecule has 0 N–H and O–H groups in total. The highest BCUT2D eigenvalue weighted by molar-refractivity contribution is 8.04. The third-order valence-electron chi connectivity index (χ3n) is 4.62. The van der Waals surface area contributed by atoms with Crippen molar-refractivity contribution in [2.75, 3.05) is 7.11 Å². The SMILES string of the molecule is C=C(C(Sc1ccc(OC)cc1)=C(C)C)P(=O)(c1ccccc1)c1ccccc1. The number of allylic oxidation sites excluding steroid dienone is 2. The van der Waals surface area contributed by atoms with Gasteiger partial charge in [0.15, 0.2) is 7.14 Å². The highest BCUT2D eigenvalue weighted by Gasteiger charge is 2.33. The van der Waals surface area contributed by atoms with Gasteiger partial charge in [-0.1, -0.05) is 84.6 Å². The van der Waals surface area contributed by atoms with E-state index in [9.17, 15) is 4.57 Å². The predicted molar refractivity (Wildman–Crippen MR) is 126 cm³/mol. The lowest BCUT2D eigenvalue weighted by Crippen LogP contribution is -2.17. The molecule has 0 spiro atoms. The van der Waals surface area contributed by atoms with Gasteiger partial charge in [0.25, 0.3) is 0 Å². The smallest absolute Gasteiger partial charge is 0.171 e. The molecule has 3 aromatic carbocycles. The van der Waals surface area contributed by atoms with E-state index < -0.39 is 7.14 Å². The maximum atomic E-state index is 14.6. The van der Waals surface area contributed by atoms with Gasteiger partial charge in [-0.3, -0.25) is 0 Å². The van der Waals surface area contributed by atoms with E-state index in [1.807, 2.05) is 98.8 Å². The van der Waals surface area contributed by atoms with E-state index in [0.717, 1.165) is 31.7 Å². The van der Waals surface area contributed by atoms with Gasteiger partial charge in [-0.15, -0.1) is 0 Å². The molecule has 0 aliphatic carbocycles. The zero-order valence-electron chi connectivity index (χ0n) is 17.0. The van der Waals surface area contributed by atoms with Crippen LogP contribution >= 0.6 is 18.9 Å². The van der Waals surface area contributed by atoms with Gasteiger partial charge in [-0.05, 0) is 38.1 Å². The van der Waals surface area contributed by atoms with Crippen LogP contribution in [0.5, 0.6) is 5.75 Å². The van der Waals surface area contributed by atoms with Crippen molar-refractivity contribution in [2.45, 2.75) is 18.7 Å². The number of hydrogen-bond donors (Lipinski definition) is 0. The van der Waals surface area contributed by atoms with Gasteiger partial charge in [-0.25, -0.2) is 0 Å². The molecule has 0 atom stereocenters. The van der Waals surface area contributed by atoms with Gasteiger partial charge in [0.05, 0.1) is 7.11 Å². The summed E-state index contributed by atoms with van der Waals surface area (Å²) < 4.78 is 19.8. The molecule has 3 aromatic rings. The zero-order chi connectivity index (χ0) is 20.9. The van der Waals surface area contributed by atoms with E-state index >= 15 is 0 Å². The average Bonchev–Trinajstić information content (AvgIpc) is 2.77. The Hall–Kier alpha value is -2.48. The highest BCUT2D eigenvalue weighted by atomic mass is 32.2. The fourth-order valence-corrected chi connectivity index (χ4v) is 7.06. The number of methoxy groups -OCH3 is 1. The molecule has 29 heavy (non-hydrogen) atoms. The summed E-state index contributed by atoms with van der Waals surface area (Å²) in [5, 5.41) is 2.26. The molecule has 0 aromatic heterocycles. The lowest BCUT2D eigenvalue weighted by atomic mass is 10.3.